The maximum Gasteiger partial charge on any atom is 1.00 e. The Morgan fingerprint density at radius 1 is 0.708 bits per heavy atom. The molecule has 0 unspecified atom stereocenters. The zero-order valence-corrected chi connectivity index (χ0v) is 19.4. The Labute approximate surface area is 193 Å². The average Bonchev–Trinajstić information content (AvgIpc) is 2.22. The molecule has 0 saturated heterocycles. The SMILES string of the molecule is O=C([O-])CN(CCN(CC(=O)O)CC(=O)O)CC(=O)[O-].[Br-].[NH4+].[Na+].[Na+]. The van der Waals surface area contributed by atoms with Crippen molar-refractivity contribution in [3.8, 4) is 0 Å². The summed E-state index contributed by atoms with van der Waals surface area (Å²) in [5.41, 5.74) is 0. The van der Waals surface area contributed by atoms with Gasteiger partial charge in [0, 0.05) is 26.2 Å². The van der Waals surface area contributed by atoms with E-state index in [0.29, 0.717) is 0 Å². The first-order valence-corrected chi connectivity index (χ1v) is 5.48. The van der Waals surface area contributed by atoms with Gasteiger partial charge >= 0.3 is 71.1 Å². The number of aliphatic carboxylic acids is 4. The van der Waals surface area contributed by atoms with Gasteiger partial charge in [-0.3, -0.25) is 19.4 Å². The molecule has 0 amide bonds. The first-order chi connectivity index (χ1) is 9.20. The van der Waals surface area contributed by atoms with Gasteiger partial charge in [-0.15, -0.1) is 0 Å². The first kappa shape index (κ1) is 35.4. The molecule has 0 atom stereocenters. The number of quaternary nitrogens is 1. The van der Waals surface area contributed by atoms with Crippen LogP contribution in [0.2, 0.25) is 0 Å². The summed E-state index contributed by atoms with van der Waals surface area (Å²) in [6.07, 6.45) is 0. The summed E-state index contributed by atoms with van der Waals surface area (Å²) < 4.78 is 0. The van der Waals surface area contributed by atoms with E-state index in [1.807, 2.05) is 0 Å². The number of carboxylic acids is 4. The molecule has 0 spiro atoms. The number of halogens is 1. The van der Waals surface area contributed by atoms with E-state index in [0.717, 1.165) is 9.80 Å². The van der Waals surface area contributed by atoms with Crippen LogP contribution in [-0.2, 0) is 19.2 Å². The molecule has 0 rings (SSSR count). The van der Waals surface area contributed by atoms with Gasteiger partial charge in [0.1, 0.15) is 0 Å². The Kier molecular flexibility index (Phi) is 28.8. The molecule has 0 aliphatic heterocycles. The molecule has 0 aliphatic carbocycles. The second-order valence-corrected chi connectivity index (χ2v) is 3.95. The fourth-order valence-electron chi connectivity index (χ4n) is 1.46. The molecule has 24 heavy (non-hydrogen) atoms. The van der Waals surface area contributed by atoms with Crippen molar-refractivity contribution in [2.75, 3.05) is 39.3 Å². The molecule has 0 aromatic rings. The van der Waals surface area contributed by atoms with Gasteiger partial charge in [0.05, 0.1) is 25.0 Å². The van der Waals surface area contributed by atoms with E-state index >= 15 is 0 Å². The summed E-state index contributed by atoms with van der Waals surface area (Å²) in [5, 5.41) is 38.0. The monoisotopic (exact) mass is 433 g/mol. The third-order valence-corrected chi connectivity index (χ3v) is 2.16. The Hall–Kier alpha value is 0.240. The Bertz CT molecular complexity index is 334. The summed E-state index contributed by atoms with van der Waals surface area (Å²) in [6, 6.07) is 0. The molecule has 0 radical (unpaired) electrons. The van der Waals surface area contributed by atoms with Crippen LogP contribution in [0, 0.1) is 0 Å². The van der Waals surface area contributed by atoms with E-state index in [4.69, 9.17) is 10.2 Å². The number of rotatable bonds is 11. The van der Waals surface area contributed by atoms with Gasteiger partial charge in [-0.2, -0.15) is 0 Å². The normalized spacial score (nSPS) is 8.92. The minimum atomic E-state index is -1.51. The number of hydrogen-bond acceptors (Lipinski definition) is 8. The van der Waals surface area contributed by atoms with Gasteiger partial charge in [0.15, 0.2) is 0 Å². The minimum Gasteiger partial charge on any atom is -1.00 e. The zero-order valence-electron chi connectivity index (χ0n) is 13.9. The number of nitrogens with zero attached hydrogens (tertiary/aromatic N) is 2. The third kappa shape index (κ3) is 22.2. The minimum absolute atomic E-state index is 0. The predicted molar refractivity (Wildman–Crippen MR) is 64.2 cm³/mol. The molecule has 0 aromatic heterocycles. The fourth-order valence-corrected chi connectivity index (χ4v) is 1.46. The number of hydrogen-bond donors (Lipinski definition) is 3. The molecule has 0 aliphatic rings. The molecular weight excluding hydrogens is 416 g/mol. The molecule has 0 aromatic carbocycles. The van der Waals surface area contributed by atoms with E-state index in [-0.39, 0.29) is 95.3 Å². The van der Waals surface area contributed by atoms with Crippen molar-refractivity contribution in [2.45, 2.75) is 0 Å². The second-order valence-electron chi connectivity index (χ2n) is 3.95. The average molecular weight is 434 g/mol. The van der Waals surface area contributed by atoms with Gasteiger partial charge in [-0.1, -0.05) is 0 Å². The van der Waals surface area contributed by atoms with Crippen molar-refractivity contribution in [1.29, 1.82) is 0 Å². The molecular formula is C10H18BrN3Na2O8. The number of carbonyl (C=O) groups excluding carboxylic acids is 2. The fraction of sp³-hybridized carbons (Fsp3) is 0.600. The topological polar surface area (TPSA) is 198 Å². The summed E-state index contributed by atoms with van der Waals surface area (Å²) in [4.78, 5) is 43.9. The van der Waals surface area contributed by atoms with Crippen LogP contribution in [0.4, 0.5) is 0 Å². The van der Waals surface area contributed by atoms with Gasteiger partial charge in [-0.05, 0) is 0 Å². The van der Waals surface area contributed by atoms with Crippen molar-refractivity contribution < 1.29 is 116 Å². The van der Waals surface area contributed by atoms with Crippen LogP contribution in [0.1, 0.15) is 0 Å². The van der Waals surface area contributed by atoms with Crippen molar-refractivity contribution in [1.82, 2.24) is 16.0 Å². The van der Waals surface area contributed by atoms with Crippen LogP contribution in [0.3, 0.4) is 0 Å². The molecule has 0 bridgehead atoms. The molecule has 11 nitrogen and oxygen atoms in total. The van der Waals surface area contributed by atoms with Crippen molar-refractivity contribution in [2.24, 2.45) is 0 Å². The Morgan fingerprint density at radius 3 is 1.17 bits per heavy atom. The largest absolute Gasteiger partial charge is 1.00 e. The smallest absolute Gasteiger partial charge is 1.00 e. The maximum atomic E-state index is 10.5. The number of carbonyl (C=O) groups is 4. The molecule has 130 valence electrons. The van der Waals surface area contributed by atoms with Gasteiger partial charge in [0.2, 0.25) is 0 Å². The summed E-state index contributed by atoms with van der Waals surface area (Å²) in [7, 11) is 0. The van der Waals surface area contributed by atoms with E-state index in [1.165, 1.54) is 0 Å². The van der Waals surface area contributed by atoms with Crippen LogP contribution >= 0.6 is 0 Å². The van der Waals surface area contributed by atoms with E-state index in [9.17, 15) is 29.4 Å². The number of carboxylic acid groups (broad SMARTS) is 4. The van der Waals surface area contributed by atoms with E-state index in [1.54, 1.807) is 0 Å². The van der Waals surface area contributed by atoms with Crippen molar-refractivity contribution >= 4 is 23.9 Å². The van der Waals surface area contributed by atoms with Gasteiger partial charge in [-0.25, -0.2) is 0 Å². The molecule has 0 saturated carbocycles. The van der Waals surface area contributed by atoms with Crippen LogP contribution in [-0.4, -0.2) is 83.2 Å². The van der Waals surface area contributed by atoms with Crippen LogP contribution < -0.4 is 92.5 Å². The molecule has 0 heterocycles. The van der Waals surface area contributed by atoms with Crippen molar-refractivity contribution in [3.05, 3.63) is 0 Å². The summed E-state index contributed by atoms with van der Waals surface area (Å²) in [5.74, 6) is -5.52. The quantitative estimate of drug-likeness (QED) is 0.263. The second kappa shape index (κ2) is 19.6. The summed E-state index contributed by atoms with van der Waals surface area (Å²) >= 11 is 0. The standard InChI is InChI=1S/C10H16N2O8.BrH.H3N.2Na/c13-7(14)3-11(4-8(15)16)1-2-12(5-9(17)18)6-10(19)20;;;;/h1-6H2,(H,13,14)(H,15,16)(H,17,18)(H,19,20);1H;1H3;;/q;;;2*+1/p-2. The first-order valence-electron chi connectivity index (χ1n) is 5.48. The van der Waals surface area contributed by atoms with Gasteiger partial charge in [0.25, 0.3) is 0 Å². The maximum absolute atomic E-state index is 10.5. The van der Waals surface area contributed by atoms with Crippen LogP contribution in [0.5, 0.6) is 0 Å². The Morgan fingerprint density at radius 2 is 0.958 bits per heavy atom. The molecule has 6 N–H and O–H groups in total. The molecule has 0 fully saturated rings. The van der Waals surface area contributed by atoms with Gasteiger partial charge < -0.3 is 53.1 Å². The van der Waals surface area contributed by atoms with E-state index < -0.39 is 50.1 Å². The van der Waals surface area contributed by atoms with E-state index in [2.05, 4.69) is 0 Å². The third-order valence-electron chi connectivity index (χ3n) is 2.16. The predicted octanol–water partition coefficient (Wildman–Crippen LogP) is -13.4. The van der Waals surface area contributed by atoms with Crippen LogP contribution in [0.25, 0.3) is 0 Å². The zero-order chi connectivity index (χ0) is 15.7. The molecule has 14 heteroatoms. The van der Waals surface area contributed by atoms with Crippen LogP contribution in [0.15, 0.2) is 0 Å². The summed E-state index contributed by atoms with van der Waals surface area (Å²) in [6.45, 7) is -2.75. The Balaban J connectivity index is -0.000000301. The van der Waals surface area contributed by atoms with Crippen molar-refractivity contribution in [3.63, 3.8) is 0 Å².